The molecule has 9 heteroatoms. The summed E-state index contributed by atoms with van der Waals surface area (Å²) in [4.78, 5) is 27.9. The lowest BCUT2D eigenvalue weighted by molar-refractivity contribution is 0.1000. The van der Waals surface area contributed by atoms with Crippen molar-refractivity contribution in [1.29, 1.82) is 0 Å². The van der Waals surface area contributed by atoms with Crippen LogP contribution >= 0.6 is 46.9 Å². The van der Waals surface area contributed by atoms with E-state index < -0.39 is 5.91 Å². The first-order valence-electron chi connectivity index (χ1n) is 7.83. The molecule has 2 aromatic rings. The number of halogens is 3. The van der Waals surface area contributed by atoms with E-state index >= 15 is 0 Å². The molecule has 2 heterocycles. The normalized spacial score (nSPS) is 13.7. The lowest BCUT2D eigenvalue weighted by Crippen LogP contribution is -2.30. The van der Waals surface area contributed by atoms with Crippen molar-refractivity contribution in [3.63, 3.8) is 0 Å². The number of carbonyl (C=O) groups excluding carboxylic acids is 2. The molecular formula is C17H18Cl3N3O2S. The Kier molecular flexibility index (Phi) is 6.93. The van der Waals surface area contributed by atoms with Crippen LogP contribution in [0.4, 0.5) is 5.00 Å². The first-order chi connectivity index (χ1) is 11.9. The van der Waals surface area contributed by atoms with Gasteiger partial charge in [0.05, 0.1) is 5.56 Å². The fourth-order valence-electron chi connectivity index (χ4n) is 2.94. The smallest absolute Gasteiger partial charge is 0.256 e. The number of rotatable bonds is 4. The molecule has 26 heavy (non-hydrogen) atoms. The van der Waals surface area contributed by atoms with Gasteiger partial charge in [-0.3, -0.25) is 14.5 Å². The highest BCUT2D eigenvalue weighted by molar-refractivity contribution is 7.17. The van der Waals surface area contributed by atoms with Gasteiger partial charge in [-0.15, -0.1) is 23.7 Å². The number of anilines is 1. The van der Waals surface area contributed by atoms with Crippen LogP contribution in [0.15, 0.2) is 18.2 Å². The maximum absolute atomic E-state index is 12.5. The number of fused-ring (bicyclic) bond motifs is 1. The fraction of sp³-hybridized carbons (Fsp3) is 0.294. The third-order valence-corrected chi connectivity index (χ3v) is 5.75. The number of likely N-dealkylation sites (N-methyl/N-ethyl adjacent to an activating group) is 1. The van der Waals surface area contributed by atoms with Crippen molar-refractivity contribution in [2.75, 3.05) is 18.4 Å². The molecule has 1 aliphatic heterocycles. The van der Waals surface area contributed by atoms with Crippen LogP contribution in [0.25, 0.3) is 0 Å². The zero-order chi connectivity index (χ0) is 18.1. The van der Waals surface area contributed by atoms with Gasteiger partial charge in [0.1, 0.15) is 5.00 Å². The number of carbonyl (C=O) groups is 2. The van der Waals surface area contributed by atoms with E-state index in [0.717, 1.165) is 36.5 Å². The van der Waals surface area contributed by atoms with Gasteiger partial charge in [-0.2, -0.15) is 0 Å². The number of hydrogen-bond donors (Lipinski definition) is 2. The number of nitrogens with zero attached hydrogens (tertiary/aromatic N) is 1. The number of nitrogens with two attached hydrogens (primary N) is 1. The van der Waals surface area contributed by atoms with E-state index in [4.69, 9.17) is 28.9 Å². The van der Waals surface area contributed by atoms with Gasteiger partial charge in [0.25, 0.3) is 11.8 Å². The monoisotopic (exact) mass is 433 g/mol. The summed E-state index contributed by atoms with van der Waals surface area (Å²) in [7, 11) is 0. The molecule has 2 amide bonds. The number of amides is 2. The van der Waals surface area contributed by atoms with E-state index in [1.807, 2.05) is 0 Å². The molecule has 0 saturated heterocycles. The summed E-state index contributed by atoms with van der Waals surface area (Å²) in [6, 6.07) is 4.61. The van der Waals surface area contributed by atoms with Gasteiger partial charge in [-0.05, 0) is 36.7 Å². The Bertz CT molecular complexity index is 834. The number of thiophene rings is 1. The van der Waals surface area contributed by atoms with Crippen LogP contribution in [0.1, 0.15) is 38.1 Å². The maximum Gasteiger partial charge on any atom is 0.256 e. The quantitative estimate of drug-likeness (QED) is 0.757. The van der Waals surface area contributed by atoms with Crippen LogP contribution in [0.3, 0.4) is 0 Å². The Morgan fingerprint density at radius 1 is 1.27 bits per heavy atom. The Morgan fingerprint density at radius 2 is 1.92 bits per heavy atom. The highest BCUT2D eigenvalue weighted by Gasteiger charge is 2.27. The second kappa shape index (κ2) is 8.59. The molecule has 0 aliphatic carbocycles. The van der Waals surface area contributed by atoms with Gasteiger partial charge in [-0.1, -0.05) is 30.1 Å². The van der Waals surface area contributed by atoms with Crippen molar-refractivity contribution >= 4 is 63.8 Å². The average Bonchev–Trinajstić information content (AvgIpc) is 2.90. The van der Waals surface area contributed by atoms with Crippen molar-refractivity contribution < 1.29 is 9.59 Å². The average molecular weight is 435 g/mol. The molecule has 3 N–H and O–H groups in total. The number of hydrogen-bond acceptors (Lipinski definition) is 4. The summed E-state index contributed by atoms with van der Waals surface area (Å²) >= 11 is 13.3. The summed E-state index contributed by atoms with van der Waals surface area (Å²) < 4.78 is 0. The van der Waals surface area contributed by atoms with Gasteiger partial charge in [0, 0.05) is 33.6 Å². The molecule has 0 bridgehead atoms. The highest BCUT2D eigenvalue weighted by atomic mass is 35.5. The van der Waals surface area contributed by atoms with Gasteiger partial charge in [0.2, 0.25) is 0 Å². The van der Waals surface area contributed by atoms with E-state index in [9.17, 15) is 9.59 Å². The lowest BCUT2D eigenvalue weighted by Gasteiger charge is -2.25. The molecule has 0 atom stereocenters. The molecule has 1 aromatic carbocycles. The number of benzene rings is 1. The maximum atomic E-state index is 12.5. The SMILES string of the molecule is CCN1CCc2c(sc(NC(=O)c3cc(Cl)cc(Cl)c3)c2C(N)=O)C1.Cl. The fourth-order valence-corrected chi connectivity index (χ4v) is 4.75. The van der Waals surface area contributed by atoms with Crippen molar-refractivity contribution in [1.82, 2.24) is 4.90 Å². The van der Waals surface area contributed by atoms with E-state index in [1.54, 1.807) is 6.07 Å². The first kappa shape index (κ1) is 21.0. The molecule has 3 rings (SSSR count). The van der Waals surface area contributed by atoms with Crippen molar-refractivity contribution in [2.24, 2.45) is 5.73 Å². The van der Waals surface area contributed by atoms with Gasteiger partial charge in [-0.25, -0.2) is 0 Å². The Morgan fingerprint density at radius 3 is 2.50 bits per heavy atom. The highest BCUT2D eigenvalue weighted by Crippen LogP contribution is 2.37. The Balaban J connectivity index is 0.00000243. The topological polar surface area (TPSA) is 75.4 Å². The molecule has 5 nitrogen and oxygen atoms in total. The van der Waals surface area contributed by atoms with Crippen LogP contribution in [-0.4, -0.2) is 29.8 Å². The molecule has 0 radical (unpaired) electrons. The van der Waals surface area contributed by atoms with E-state index in [0.29, 0.717) is 26.2 Å². The van der Waals surface area contributed by atoms with Crippen molar-refractivity contribution in [3.8, 4) is 0 Å². The molecule has 0 unspecified atom stereocenters. The van der Waals surface area contributed by atoms with Crippen LogP contribution < -0.4 is 11.1 Å². The summed E-state index contributed by atoms with van der Waals surface area (Å²) in [6.45, 7) is 4.67. The van der Waals surface area contributed by atoms with Gasteiger partial charge < -0.3 is 11.1 Å². The predicted octanol–water partition coefficient (Wildman–Crippen LogP) is 4.21. The second-order valence-corrected chi connectivity index (χ2v) is 7.78. The minimum absolute atomic E-state index is 0. The van der Waals surface area contributed by atoms with Crippen molar-refractivity contribution in [2.45, 2.75) is 19.9 Å². The molecule has 1 aliphatic rings. The van der Waals surface area contributed by atoms with Gasteiger partial charge >= 0.3 is 0 Å². The van der Waals surface area contributed by atoms with Crippen LogP contribution in [0.5, 0.6) is 0 Å². The zero-order valence-corrected chi connectivity index (χ0v) is 17.1. The summed E-state index contributed by atoms with van der Waals surface area (Å²) in [6.07, 6.45) is 0.747. The minimum atomic E-state index is -0.526. The lowest BCUT2D eigenvalue weighted by atomic mass is 10.0. The number of nitrogens with one attached hydrogen (secondary N) is 1. The van der Waals surface area contributed by atoms with E-state index in [2.05, 4.69) is 17.1 Å². The van der Waals surface area contributed by atoms with Gasteiger partial charge in [0.15, 0.2) is 0 Å². The van der Waals surface area contributed by atoms with E-state index in [-0.39, 0.29) is 18.3 Å². The minimum Gasteiger partial charge on any atom is -0.365 e. The Labute approximate surface area is 171 Å². The molecule has 0 fully saturated rings. The molecule has 0 saturated carbocycles. The zero-order valence-electron chi connectivity index (χ0n) is 14.0. The third kappa shape index (κ3) is 4.32. The molecule has 1 aromatic heterocycles. The first-order valence-corrected chi connectivity index (χ1v) is 9.40. The van der Waals surface area contributed by atoms with Crippen LogP contribution in [0.2, 0.25) is 10.0 Å². The van der Waals surface area contributed by atoms with Crippen LogP contribution in [0, 0.1) is 0 Å². The standard InChI is InChI=1S/C17H17Cl2N3O2S.ClH/c1-2-22-4-3-12-13(8-22)25-17(14(12)15(20)23)21-16(24)9-5-10(18)7-11(19)6-9;/h5-7H,2-4,8H2,1H3,(H2,20,23)(H,21,24);1H. The largest absolute Gasteiger partial charge is 0.365 e. The van der Waals surface area contributed by atoms with Crippen LogP contribution in [-0.2, 0) is 13.0 Å². The van der Waals surface area contributed by atoms with Crippen molar-refractivity contribution in [3.05, 3.63) is 49.8 Å². The molecule has 0 spiro atoms. The third-order valence-electron chi connectivity index (χ3n) is 4.18. The summed E-state index contributed by atoms with van der Waals surface area (Å²) in [5.74, 6) is -0.903. The molecule has 140 valence electrons. The Hall–Kier alpha value is -1.31. The predicted molar refractivity (Wildman–Crippen MR) is 109 cm³/mol. The molecular weight excluding hydrogens is 417 g/mol. The number of primary amides is 1. The van der Waals surface area contributed by atoms with E-state index in [1.165, 1.54) is 23.5 Å². The second-order valence-electron chi connectivity index (χ2n) is 5.80. The summed E-state index contributed by atoms with van der Waals surface area (Å²) in [5.41, 5.74) is 7.26. The summed E-state index contributed by atoms with van der Waals surface area (Å²) in [5, 5.41) is 4.02.